The summed E-state index contributed by atoms with van der Waals surface area (Å²) < 4.78 is 0. The minimum absolute atomic E-state index is 0.420. The lowest BCUT2D eigenvalue weighted by Gasteiger charge is -2.01. The van der Waals surface area contributed by atoms with Gasteiger partial charge in [0.2, 0.25) is 0 Å². The van der Waals surface area contributed by atoms with Crippen molar-refractivity contribution in [2.75, 3.05) is 0 Å². The Labute approximate surface area is 57.6 Å². The fourth-order valence-corrected chi connectivity index (χ4v) is 1.14. The molecule has 0 spiro atoms. The van der Waals surface area contributed by atoms with Gasteiger partial charge < -0.3 is 5.73 Å². The highest BCUT2D eigenvalue weighted by molar-refractivity contribution is 4.73. The molecule has 1 nitrogen and oxygen atoms in total. The lowest BCUT2D eigenvalue weighted by Crippen LogP contribution is -2.13. The van der Waals surface area contributed by atoms with E-state index in [1.54, 1.807) is 0 Å². The molecule has 0 bridgehead atoms. The van der Waals surface area contributed by atoms with E-state index in [1.807, 2.05) is 0 Å². The van der Waals surface area contributed by atoms with Crippen molar-refractivity contribution in [3.05, 3.63) is 0 Å². The van der Waals surface area contributed by atoms with Crippen LogP contribution in [-0.4, -0.2) is 6.04 Å². The first-order chi connectivity index (χ1) is 4.29. The van der Waals surface area contributed by atoms with Crippen molar-refractivity contribution in [1.29, 1.82) is 0 Å². The van der Waals surface area contributed by atoms with Crippen LogP contribution < -0.4 is 5.73 Å². The molecule has 1 aliphatic rings. The number of hydrogen-bond acceptors (Lipinski definition) is 1. The van der Waals surface area contributed by atoms with E-state index in [-0.39, 0.29) is 0 Å². The van der Waals surface area contributed by atoms with Gasteiger partial charge in [0.25, 0.3) is 0 Å². The van der Waals surface area contributed by atoms with E-state index in [0.717, 1.165) is 5.92 Å². The molecular weight excluding hydrogens is 110 g/mol. The topological polar surface area (TPSA) is 26.0 Å². The second-order valence-electron chi connectivity index (χ2n) is 3.35. The van der Waals surface area contributed by atoms with Crippen molar-refractivity contribution >= 4 is 0 Å². The molecule has 1 aliphatic carbocycles. The molecular formula is C8H17N. The molecule has 0 unspecified atom stereocenters. The first-order valence-corrected chi connectivity index (χ1v) is 4.04. The molecule has 1 atom stereocenters. The Kier molecular flexibility index (Phi) is 2.52. The number of rotatable bonds is 4. The monoisotopic (exact) mass is 127 g/mol. The minimum Gasteiger partial charge on any atom is -0.328 e. The van der Waals surface area contributed by atoms with Crippen LogP contribution in [0.2, 0.25) is 0 Å². The van der Waals surface area contributed by atoms with Crippen LogP contribution in [0.3, 0.4) is 0 Å². The molecule has 0 saturated heterocycles. The lowest BCUT2D eigenvalue weighted by molar-refractivity contribution is 0.570. The van der Waals surface area contributed by atoms with Crippen LogP contribution in [0.25, 0.3) is 0 Å². The number of hydrogen-bond donors (Lipinski definition) is 1. The van der Waals surface area contributed by atoms with Gasteiger partial charge in [0, 0.05) is 6.04 Å². The quantitative estimate of drug-likeness (QED) is 0.613. The van der Waals surface area contributed by atoms with Crippen molar-refractivity contribution < 1.29 is 0 Å². The molecule has 54 valence electrons. The molecule has 2 N–H and O–H groups in total. The minimum atomic E-state index is 0.420. The Morgan fingerprint density at radius 1 is 1.56 bits per heavy atom. The standard InChI is InChI=1S/C8H17N/c1-7(9)3-2-4-8-5-6-8/h7-8H,2-6,9H2,1H3/t7-/m1/s1. The molecule has 9 heavy (non-hydrogen) atoms. The SMILES string of the molecule is C[C@@H](N)CCCC1CC1. The smallest absolute Gasteiger partial charge is 0.00104 e. The Morgan fingerprint density at radius 2 is 2.22 bits per heavy atom. The van der Waals surface area contributed by atoms with Gasteiger partial charge in [-0.15, -0.1) is 0 Å². The van der Waals surface area contributed by atoms with Gasteiger partial charge in [0.1, 0.15) is 0 Å². The van der Waals surface area contributed by atoms with Crippen LogP contribution in [0, 0.1) is 5.92 Å². The predicted octanol–water partition coefficient (Wildman–Crippen LogP) is 1.91. The second kappa shape index (κ2) is 3.21. The molecule has 0 heterocycles. The van der Waals surface area contributed by atoms with Gasteiger partial charge >= 0.3 is 0 Å². The van der Waals surface area contributed by atoms with Gasteiger partial charge in [-0.2, -0.15) is 0 Å². The summed E-state index contributed by atoms with van der Waals surface area (Å²) >= 11 is 0. The van der Waals surface area contributed by atoms with E-state index in [4.69, 9.17) is 5.73 Å². The normalized spacial score (nSPS) is 22.0. The molecule has 0 aliphatic heterocycles. The summed E-state index contributed by atoms with van der Waals surface area (Å²) in [5, 5.41) is 0. The van der Waals surface area contributed by atoms with E-state index in [0.29, 0.717) is 6.04 Å². The Balaban J connectivity index is 1.81. The Hall–Kier alpha value is -0.0400. The zero-order valence-electron chi connectivity index (χ0n) is 6.27. The van der Waals surface area contributed by atoms with Crippen molar-refractivity contribution in [2.45, 2.75) is 45.1 Å². The van der Waals surface area contributed by atoms with Crippen LogP contribution in [0.1, 0.15) is 39.0 Å². The molecule has 1 saturated carbocycles. The fourth-order valence-electron chi connectivity index (χ4n) is 1.14. The first-order valence-electron chi connectivity index (χ1n) is 4.04. The summed E-state index contributed by atoms with van der Waals surface area (Å²) in [5.74, 6) is 1.09. The highest BCUT2D eigenvalue weighted by Gasteiger charge is 2.19. The summed E-state index contributed by atoms with van der Waals surface area (Å²) in [7, 11) is 0. The highest BCUT2D eigenvalue weighted by atomic mass is 14.6. The van der Waals surface area contributed by atoms with Crippen molar-refractivity contribution in [1.82, 2.24) is 0 Å². The summed E-state index contributed by atoms with van der Waals surface area (Å²) in [5.41, 5.74) is 5.60. The summed E-state index contributed by atoms with van der Waals surface area (Å²) in [4.78, 5) is 0. The zero-order valence-corrected chi connectivity index (χ0v) is 6.27. The molecule has 0 radical (unpaired) electrons. The Morgan fingerprint density at radius 3 is 2.67 bits per heavy atom. The maximum atomic E-state index is 5.60. The van der Waals surface area contributed by atoms with Gasteiger partial charge in [-0.25, -0.2) is 0 Å². The summed E-state index contributed by atoms with van der Waals surface area (Å²) in [6.07, 6.45) is 6.97. The lowest BCUT2D eigenvalue weighted by atomic mass is 10.1. The largest absolute Gasteiger partial charge is 0.328 e. The van der Waals surface area contributed by atoms with Gasteiger partial charge in [-0.3, -0.25) is 0 Å². The molecule has 0 aromatic carbocycles. The van der Waals surface area contributed by atoms with Crippen molar-refractivity contribution in [2.24, 2.45) is 11.7 Å². The maximum Gasteiger partial charge on any atom is 0.00104 e. The van der Waals surface area contributed by atoms with Crippen molar-refractivity contribution in [3.63, 3.8) is 0 Å². The Bertz CT molecular complexity index is 72.6. The summed E-state index contributed by atoms with van der Waals surface area (Å²) in [6.45, 7) is 2.09. The van der Waals surface area contributed by atoms with E-state index in [9.17, 15) is 0 Å². The van der Waals surface area contributed by atoms with Gasteiger partial charge in [0.15, 0.2) is 0 Å². The molecule has 0 amide bonds. The zero-order chi connectivity index (χ0) is 6.69. The van der Waals surface area contributed by atoms with Crippen LogP contribution in [0.5, 0.6) is 0 Å². The van der Waals surface area contributed by atoms with E-state index in [1.165, 1.54) is 32.1 Å². The molecule has 1 heteroatoms. The van der Waals surface area contributed by atoms with Crippen LogP contribution >= 0.6 is 0 Å². The van der Waals surface area contributed by atoms with Gasteiger partial charge in [0.05, 0.1) is 0 Å². The van der Waals surface area contributed by atoms with E-state index in [2.05, 4.69) is 6.92 Å². The van der Waals surface area contributed by atoms with E-state index >= 15 is 0 Å². The maximum absolute atomic E-state index is 5.60. The highest BCUT2D eigenvalue weighted by Crippen LogP contribution is 2.33. The molecule has 0 aromatic rings. The van der Waals surface area contributed by atoms with Crippen LogP contribution in [0.15, 0.2) is 0 Å². The number of nitrogens with two attached hydrogens (primary N) is 1. The molecule has 1 rings (SSSR count). The third-order valence-electron chi connectivity index (χ3n) is 1.97. The summed E-state index contributed by atoms with van der Waals surface area (Å²) in [6, 6.07) is 0.420. The van der Waals surface area contributed by atoms with Gasteiger partial charge in [-0.05, 0) is 19.3 Å². The average Bonchev–Trinajstić information content (AvgIpc) is 2.48. The van der Waals surface area contributed by atoms with E-state index < -0.39 is 0 Å². The van der Waals surface area contributed by atoms with Crippen LogP contribution in [0.4, 0.5) is 0 Å². The van der Waals surface area contributed by atoms with Gasteiger partial charge in [-0.1, -0.05) is 25.7 Å². The first kappa shape index (κ1) is 7.07. The third-order valence-corrected chi connectivity index (χ3v) is 1.97. The third kappa shape index (κ3) is 3.52. The fraction of sp³-hybridized carbons (Fsp3) is 1.00. The molecule has 1 fully saturated rings. The van der Waals surface area contributed by atoms with Crippen LogP contribution in [-0.2, 0) is 0 Å². The predicted molar refractivity (Wildman–Crippen MR) is 40.2 cm³/mol. The average molecular weight is 127 g/mol. The van der Waals surface area contributed by atoms with Crippen molar-refractivity contribution in [3.8, 4) is 0 Å². The molecule has 0 aromatic heterocycles. The second-order valence-corrected chi connectivity index (χ2v) is 3.35.